The van der Waals surface area contributed by atoms with Gasteiger partial charge < -0.3 is 14.3 Å². The largest absolute Gasteiger partial charge is 0.423 e. The quantitative estimate of drug-likeness (QED) is 0.586. The van der Waals surface area contributed by atoms with Crippen molar-refractivity contribution in [3.05, 3.63) is 72.1 Å². The lowest BCUT2D eigenvalue weighted by molar-refractivity contribution is 0.102. The molecule has 0 aliphatic heterocycles. The van der Waals surface area contributed by atoms with Crippen LogP contribution in [-0.4, -0.2) is 21.3 Å². The molecule has 0 saturated carbocycles. The number of hydrogen-bond donors (Lipinski definition) is 1. The van der Waals surface area contributed by atoms with Crippen LogP contribution < -0.4 is 5.32 Å². The first-order valence-corrected chi connectivity index (χ1v) is 8.02. The number of amides is 1. The SMILES string of the molecule is Cc1onc(-c2ccc(F)cc2)c1C(=O)Nc1ccc(-c2nnco2)cc1. The van der Waals surface area contributed by atoms with E-state index >= 15 is 0 Å². The molecule has 7 nitrogen and oxygen atoms in total. The van der Waals surface area contributed by atoms with Crippen molar-refractivity contribution in [3.8, 4) is 22.7 Å². The van der Waals surface area contributed by atoms with Crippen LogP contribution in [0.15, 0.2) is 63.9 Å². The molecule has 0 bridgehead atoms. The van der Waals surface area contributed by atoms with E-state index in [1.165, 1.54) is 18.5 Å². The normalized spacial score (nSPS) is 10.7. The highest BCUT2D eigenvalue weighted by molar-refractivity contribution is 6.08. The highest BCUT2D eigenvalue weighted by Gasteiger charge is 2.22. The van der Waals surface area contributed by atoms with Gasteiger partial charge in [0.05, 0.1) is 0 Å². The van der Waals surface area contributed by atoms with Crippen molar-refractivity contribution in [1.82, 2.24) is 15.4 Å². The smallest absolute Gasteiger partial charge is 0.261 e. The Labute approximate surface area is 152 Å². The van der Waals surface area contributed by atoms with E-state index in [-0.39, 0.29) is 11.7 Å². The number of anilines is 1. The minimum absolute atomic E-state index is 0.294. The van der Waals surface area contributed by atoms with Crippen molar-refractivity contribution in [1.29, 1.82) is 0 Å². The minimum atomic E-state index is -0.376. The zero-order valence-electron chi connectivity index (χ0n) is 14.1. The van der Waals surface area contributed by atoms with E-state index in [9.17, 15) is 9.18 Å². The molecule has 0 saturated heterocycles. The molecule has 0 radical (unpaired) electrons. The van der Waals surface area contributed by atoms with E-state index in [0.29, 0.717) is 34.2 Å². The first-order valence-electron chi connectivity index (χ1n) is 8.02. The monoisotopic (exact) mass is 364 g/mol. The molecule has 1 amide bonds. The van der Waals surface area contributed by atoms with Gasteiger partial charge in [-0.25, -0.2) is 4.39 Å². The second kappa shape index (κ2) is 6.83. The van der Waals surface area contributed by atoms with Gasteiger partial charge in [0, 0.05) is 16.8 Å². The topological polar surface area (TPSA) is 94.1 Å². The van der Waals surface area contributed by atoms with Crippen LogP contribution in [0, 0.1) is 12.7 Å². The summed E-state index contributed by atoms with van der Waals surface area (Å²) < 4.78 is 23.5. The Morgan fingerprint density at radius 3 is 2.41 bits per heavy atom. The number of carbonyl (C=O) groups is 1. The first-order chi connectivity index (χ1) is 13.1. The summed E-state index contributed by atoms with van der Waals surface area (Å²) in [6.45, 7) is 1.65. The van der Waals surface area contributed by atoms with Crippen LogP contribution in [0.3, 0.4) is 0 Å². The Morgan fingerprint density at radius 2 is 1.74 bits per heavy atom. The lowest BCUT2D eigenvalue weighted by Gasteiger charge is -2.06. The predicted molar refractivity (Wildman–Crippen MR) is 94.3 cm³/mol. The number of nitrogens with one attached hydrogen (secondary N) is 1. The molecular formula is C19H13FN4O3. The van der Waals surface area contributed by atoms with E-state index in [1.54, 1.807) is 43.3 Å². The van der Waals surface area contributed by atoms with Crippen LogP contribution >= 0.6 is 0 Å². The number of aromatic nitrogens is 3. The van der Waals surface area contributed by atoms with E-state index in [4.69, 9.17) is 8.94 Å². The molecule has 0 spiro atoms. The number of hydrogen-bond acceptors (Lipinski definition) is 6. The van der Waals surface area contributed by atoms with Gasteiger partial charge in [0.1, 0.15) is 22.8 Å². The first kappa shape index (κ1) is 16.6. The predicted octanol–water partition coefficient (Wildman–Crippen LogP) is 4.09. The maximum atomic E-state index is 13.2. The maximum Gasteiger partial charge on any atom is 0.261 e. The third-order valence-corrected chi connectivity index (χ3v) is 3.96. The van der Waals surface area contributed by atoms with Crippen molar-refractivity contribution in [2.24, 2.45) is 0 Å². The molecule has 0 aliphatic rings. The Hall–Kier alpha value is -3.81. The van der Waals surface area contributed by atoms with Gasteiger partial charge in [-0.05, 0) is 55.5 Å². The molecule has 2 aromatic carbocycles. The molecule has 0 fully saturated rings. The van der Waals surface area contributed by atoms with Gasteiger partial charge in [-0.2, -0.15) is 0 Å². The van der Waals surface area contributed by atoms with E-state index in [1.807, 2.05) is 0 Å². The maximum absolute atomic E-state index is 13.2. The molecule has 4 rings (SSSR count). The van der Waals surface area contributed by atoms with Crippen molar-refractivity contribution in [3.63, 3.8) is 0 Å². The Bertz CT molecular complexity index is 1070. The summed E-state index contributed by atoms with van der Waals surface area (Å²) in [4.78, 5) is 12.7. The summed E-state index contributed by atoms with van der Waals surface area (Å²) in [5, 5.41) is 14.2. The molecule has 134 valence electrons. The molecule has 8 heteroatoms. The summed E-state index contributed by atoms with van der Waals surface area (Å²) >= 11 is 0. The molecule has 4 aromatic rings. The number of aryl methyl sites for hydroxylation is 1. The molecule has 0 aliphatic carbocycles. The molecule has 0 unspecified atom stereocenters. The van der Waals surface area contributed by atoms with Gasteiger partial charge in [-0.3, -0.25) is 4.79 Å². The Kier molecular flexibility index (Phi) is 4.21. The molecule has 27 heavy (non-hydrogen) atoms. The van der Waals surface area contributed by atoms with Crippen molar-refractivity contribution in [2.75, 3.05) is 5.32 Å². The molecule has 2 heterocycles. The van der Waals surface area contributed by atoms with Gasteiger partial charge in [0.15, 0.2) is 0 Å². The van der Waals surface area contributed by atoms with E-state index in [0.717, 1.165) is 5.56 Å². The van der Waals surface area contributed by atoms with Crippen LogP contribution in [-0.2, 0) is 0 Å². The molecule has 1 N–H and O–H groups in total. The molecular weight excluding hydrogens is 351 g/mol. The van der Waals surface area contributed by atoms with E-state index < -0.39 is 0 Å². The van der Waals surface area contributed by atoms with Crippen LogP contribution in [0.5, 0.6) is 0 Å². The number of carbonyl (C=O) groups excluding carboxylic acids is 1. The van der Waals surface area contributed by atoms with Crippen molar-refractivity contribution in [2.45, 2.75) is 6.92 Å². The summed E-state index contributed by atoms with van der Waals surface area (Å²) in [7, 11) is 0. The van der Waals surface area contributed by atoms with Gasteiger partial charge in [-0.15, -0.1) is 10.2 Å². The number of rotatable bonds is 4. The summed E-state index contributed by atoms with van der Waals surface area (Å²) in [5.41, 5.74) is 2.55. The Morgan fingerprint density at radius 1 is 1.04 bits per heavy atom. The summed E-state index contributed by atoms with van der Waals surface area (Å²) in [6, 6.07) is 12.6. The number of benzene rings is 2. The van der Waals surface area contributed by atoms with Crippen molar-refractivity contribution >= 4 is 11.6 Å². The fourth-order valence-corrected chi connectivity index (χ4v) is 2.63. The van der Waals surface area contributed by atoms with Gasteiger partial charge in [0.25, 0.3) is 5.91 Å². The fraction of sp³-hybridized carbons (Fsp3) is 0.0526. The number of nitrogens with zero attached hydrogens (tertiary/aromatic N) is 3. The van der Waals surface area contributed by atoms with Gasteiger partial charge in [-0.1, -0.05) is 5.16 Å². The van der Waals surface area contributed by atoms with Crippen molar-refractivity contribution < 1.29 is 18.1 Å². The Balaban J connectivity index is 1.58. The summed E-state index contributed by atoms with van der Waals surface area (Å²) in [6.07, 6.45) is 1.25. The zero-order valence-corrected chi connectivity index (χ0v) is 14.1. The minimum Gasteiger partial charge on any atom is -0.423 e. The van der Waals surface area contributed by atoms with Gasteiger partial charge in [0.2, 0.25) is 12.3 Å². The average Bonchev–Trinajstić information content (AvgIpc) is 3.33. The third kappa shape index (κ3) is 3.32. The lowest BCUT2D eigenvalue weighted by atomic mass is 10.1. The lowest BCUT2D eigenvalue weighted by Crippen LogP contribution is -2.13. The summed E-state index contributed by atoms with van der Waals surface area (Å²) in [5.74, 6) is 0.0144. The standard InChI is InChI=1S/C19H13FN4O3/c1-11-16(17(24-27-11)12-2-6-14(20)7-3-12)18(25)22-15-8-4-13(5-9-15)19-23-21-10-26-19/h2-10H,1H3,(H,22,25). The molecule has 0 atom stereocenters. The highest BCUT2D eigenvalue weighted by atomic mass is 19.1. The second-order valence-corrected chi connectivity index (χ2v) is 5.74. The van der Waals surface area contributed by atoms with Crippen LogP contribution in [0.1, 0.15) is 16.1 Å². The second-order valence-electron chi connectivity index (χ2n) is 5.74. The fourth-order valence-electron chi connectivity index (χ4n) is 2.63. The van der Waals surface area contributed by atoms with Crippen LogP contribution in [0.25, 0.3) is 22.7 Å². The molecule has 2 aromatic heterocycles. The van der Waals surface area contributed by atoms with Crippen LogP contribution in [0.2, 0.25) is 0 Å². The average molecular weight is 364 g/mol. The van der Waals surface area contributed by atoms with Crippen LogP contribution in [0.4, 0.5) is 10.1 Å². The number of halogens is 1. The highest BCUT2D eigenvalue weighted by Crippen LogP contribution is 2.27. The third-order valence-electron chi connectivity index (χ3n) is 3.96. The zero-order chi connectivity index (χ0) is 18.8. The van der Waals surface area contributed by atoms with Gasteiger partial charge >= 0.3 is 0 Å². The van der Waals surface area contributed by atoms with E-state index in [2.05, 4.69) is 20.7 Å².